The quantitative estimate of drug-likeness (QED) is 0.663. The summed E-state index contributed by atoms with van der Waals surface area (Å²) in [6, 6.07) is 7.62. The molecule has 1 aromatic carbocycles. The minimum Gasteiger partial charge on any atom is -0.465 e. The van der Waals surface area contributed by atoms with Crippen molar-refractivity contribution in [3.05, 3.63) is 46.5 Å². The largest absolute Gasteiger partial charge is 0.465 e. The van der Waals surface area contributed by atoms with Crippen LogP contribution in [0.3, 0.4) is 0 Å². The fourth-order valence-electron chi connectivity index (χ4n) is 2.24. The van der Waals surface area contributed by atoms with Crippen LogP contribution in [-0.2, 0) is 16.1 Å². The molecule has 0 aliphatic carbocycles. The summed E-state index contributed by atoms with van der Waals surface area (Å²) < 4.78 is 7.49. The lowest BCUT2D eigenvalue weighted by Gasteiger charge is -2.05. The molecule has 118 valence electrons. The van der Waals surface area contributed by atoms with E-state index in [4.69, 9.17) is 4.74 Å². The van der Waals surface area contributed by atoms with E-state index in [0.717, 1.165) is 15.8 Å². The topological polar surface area (TPSA) is 91.9 Å². The van der Waals surface area contributed by atoms with Crippen LogP contribution >= 0.6 is 0 Å². The maximum Gasteiger partial charge on any atom is 0.326 e. The van der Waals surface area contributed by atoms with Crippen LogP contribution in [0.2, 0.25) is 0 Å². The molecule has 0 unspecified atom stereocenters. The Morgan fingerprint density at radius 2 is 2.17 bits per heavy atom. The highest BCUT2D eigenvalue weighted by Crippen LogP contribution is 2.13. The summed E-state index contributed by atoms with van der Waals surface area (Å²) in [5.74, 6) is -0.498. The van der Waals surface area contributed by atoms with Crippen LogP contribution in [0.1, 0.15) is 12.5 Å². The van der Waals surface area contributed by atoms with Crippen molar-refractivity contribution < 1.29 is 9.53 Å². The minimum atomic E-state index is -0.498. The predicted octanol–water partition coefficient (Wildman–Crippen LogP) is 0.849. The van der Waals surface area contributed by atoms with Gasteiger partial charge in [-0.05, 0) is 31.5 Å². The summed E-state index contributed by atoms with van der Waals surface area (Å²) in [5, 5.41) is 7.90. The summed E-state index contributed by atoms with van der Waals surface area (Å²) in [4.78, 5) is 28.1. The van der Waals surface area contributed by atoms with Crippen molar-refractivity contribution in [2.45, 2.75) is 20.4 Å². The van der Waals surface area contributed by atoms with Gasteiger partial charge < -0.3 is 4.74 Å². The van der Waals surface area contributed by atoms with Crippen LogP contribution < -0.4 is 5.56 Å². The Morgan fingerprint density at radius 1 is 1.35 bits per heavy atom. The molecule has 8 nitrogen and oxygen atoms in total. The molecule has 0 atom stereocenters. The zero-order valence-corrected chi connectivity index (χ0v) is 12.8. The zero-order valence-electron chi connectivity index (χ0n) is 12.8. The third-order valence-electron chi connectivity index (χ3n) is 3.28. The number of aryl methyl sites for hydroxylation is 1. The second kappa shape index (κ2) is 5.99. The van der Waals surface area contributed by atoms with Gasteiger partial charge in [0.1, 0.15) is 12.9 Å². The van der Waals surface area contributed by atoms with Gasteiger partial charge in [-0.1, -0.05) is 17.3 Å². The monoisotopic (exact) mass is 313 g/mol. The van der Waals surface area contributed by atoms with Crippen LogP contribution in [-0.4, -0.2) is 37.1 Å². The van der Waals surface area contributed by atoms with Crippen LogP contribution in [0, 0.1) is 6.92 Å². The Balaban J connectivity index is 2.04. The Morgan fingerprint density at radius 3 is 2.91 bits per heavy atom. The summed E-state index contributed by atoms with van der Waals surface area (Å²) in [6.45, 7) is 3.72. The number of aromatic nitrogens is 5. The summed E-state index contributed by atoms with van der Waals surface area (Å²) in [6.07, 6.45) is 1.30. The van der Waals surface area contributed by atoms with Gasteiger partial charge in [0.15, 0.2) is 11.2 Å². The van der Waals surface area contributed by atoms with Gasteiger partial charge in [-0.15, -0.1) is 5.10 Å². The van der Waals surface area contributed by atoms with E-state index in [1.807, 2.05) is 31.2 Å². The summed E-state index contributed by atoms with van der Waals surface area (Å²) in [7, 11) is 0. The second-order valence-corrected chi connectivity index (χ2v) is 5.00. The molecule has 23 heavy (non-hydrogen) atoms. The normalized spacial score (nSPS) is 10.9. The number of esters is 1. The molecule has 0 fully saturated rings. The third kappa shape index (κ3) is 2.83. The van der Waals surface area contributed by atoms with Crippen LogP contribution in [0.25, 0.3) is 16.9 Å². The van der Waals surface area contributed by atoms with Gasteiger partial charge in [-0.2, -0.15) is 4.68 Å². The standard InChI is InChI=1S/C15H15N5O3/c1-3-23-12(21)8-19-9-16-14-13(15(19)22)17-18-20(14)11-6-4-5-10(2)7-11/h4-7,9H,3,8H2,1-2H3. The predicted molar refractivity (Wildman–Crippen MR) is 82.3 cm³/mol. The van der Waals surface area contributed by atoms with Gasteiger partial charge in [0, 0.05) is 0 Å². The molecule has 3 rings (SSSR count). The van der Waals surface area contributed by atoms with Gasteiger partial charge >= 0.3 is 5.97 Å². The molecule has 0 amide bonds. The first-order valence-electron chi connectivity index (χ1n) is 7.13. The molecule has 0 bridgehead atoms. The first kappa shape index (κ1) is 14.9. The lowest BCUT2D eigenvalue weighted by molar-refractivity contribution is -0.143. The molecule has 0 spiro atoms. The smallest absolute Gasteiger partial charge is 0.326 e. The van der Waals surface area contributed by atoms with E-state index in [-0.39, 0.29) is 18.7 Å². The molecule has 0 aliphatic heterocycles. The average molecular weight is 313 g/mol. The Hall–Kier alpha value is -3.03. The van der Waals surface area contributed by atoms with Crippen molar-refractivity contribution in [1.29, 1.82) is 0 Å². The Kier molecular flexibility index (Phi) is 3.88. The van der Waals surface area contributed by atoms with E-state index in [0.29, 0.717) is 5.65 Å². The molecule has 0 N–H and O–H groups in total. The zero-order chi connectivity index (χ0) is 16.4. The highest BCUT2D eigenvalue weighted by atomic mass is 16.5. The maximum atomic E-state index is 12.4. The number of hydrogen-bond donors (Lipinski definition) is 0. The molecule has 3 aromatic rings. The number of carbonyl (C=O) groups excluding carboxylic acids is 1. The molecule has 8 heteroatoms. The number of fused-ring (bicyclic) bond motifs is 1. The SMILES string of the molecule is CCOC(=O)Cn1cnc2c(nnn2-c2cccc(C)c2)c1=O. The first-order chi connectivity index (χ1) is 11.1. The van der Waals surface area contributed by atoms with Crippen molar-refractivity contribution in [3.63, 3.8) is 0 Å². The van der Waals surface area contributed by atoms with E-state index >= 15 is 0 Å². The Labute approximate surface area is 131 Å². The number of ether oxygens (including phenoxy) is 1. The van der Waals surface area contributed by atoms with E-state index in [1.54, 1.807) is 6.92 Å². The maximum absolute atomic E-state index is 12.4. The van der Waals surface area contributed by atoms with E-state index < -0.39 is 11.5 Å². The molecule has 0 radical (unpaired) electrons. The van der Waals surface area contributed by atoms with Gasteiger partial charge in [0.25, 0.3) is 5.56 Å². The first-order valence-corrected chi connectivity index (χ1v) is 7.13. The lowest BCUT2D eigenvalue weighted by atomic mass is 10.2. The highest BCUT2D eigenvalue weighted by molar-refractivity contribution is 5.72. The Bertz CT molecular complexity index is 928. The van der Waals surface area contributed by atoms with Crippen molar-refractivity contribution in [1.82, 2.24) is 24.5 Å². The third-order valence-corrected chi connectivity index (χ3v) is 3.28. The number of carbonyl (C=O) groups is 1. The minimum absolute atomic E-state index is 0.110. The average Bonchev–Trinajstić information content (AvgIpc) is 2.95. The second-order valence-electron chi connectivity index (χ2n) is 5.00. The summed E-state index contributed by atoms with van der Waals surface area (Å²) in [5.41, 5.74) is 1.85. The van der Waals surface area contributed by atoms with Gasteiger partial charge in [0.2, 0.25) is 0 Å². The molecular formula is C15H15N5O3. The fraction of sp³-hybridized carbons (Fsp3) is 0.267. The van der Waals surface area contributed by atoms with Crippen molar-refractivity contribution in [2.75, 3.05) is 6.61 Å². The number of nitrogens with zero attached hydrogens (tertiary/aromatic N) is 5. The number of rotatable bonds is 4. The van der Waals surface area contributed by atoms with Crippen molar-refractivity contribution in [2.24, 2.45) is 0 Å². The molecule has 0 saturated carbocycles. The van der Waals surface area contributed by atoms with Crippen LogP contribution in [0.4, 0.5) is 0 Å². The van der Waals surface area contributed by atoms with E-state index in [2.05, 4.69) is 15.3 Å². The number of benzene rings is 1. The van der Waals surface area contributed by atoms with Crippen LogP contribution in [0.15, 0.2) is 35.4 Å². The van der Waals surface area contributed by atoms with Gasteiger partial charge in [-0.3, -0.25) is 14.2 Å². The fourth-order valence-corrected chi connectivity index (χ4v) is 2.24. The number of hydrogen-bond acceptors (Lipinski definition) is 6. The summed E-state index contributed by atoms with van der Waals surface area (Å²) >= 11 is 0. The molecular weight excluding hydrogens is 298 g/mol. The molecule has 2 aromatic heterocycles. The lowest BCUT2D eigenvalue weighted by Crippen LogP contribution is -2.26. The van der Waals surface area contributed by atoms with E-state index in [9.17, 15) is 9.59 Å². The van der Waals surface area contributed by atoms with Gasteiger partial charge in [0.05, 0.1) is 12.3 Å². The molecule has 2 heterocycles. The van der Waals surface area contributed by atoms with E-state index in [1.165, 1.54) is 11.0 Å². The molecule has 0 aliphatic rings. The van der Waals surface area contributed by atoms with Crippen molar-refractivity contribution in [3.8, 4) is 5.69 Å². The van der Waals surface area contributed by atoms with Crippen LogP contribution in [0.5, 0.6) is 0 Å². The van der Waals surface area contributed by atoms with Crippen molar-refractivity contribution >= 4 is 17.1 Å². The highest BCUT2D eigenvalue weighted by Gasteiger charge is 2.15. The van der Waals surface area contributed by atoms with Gasteiger partial charge in [-0.25, -0.2) is 4.98 Å². The molecule has 0 saturated heterocycles.